The van der Waals surface area contributed by atoms with Crippen molar-refractivity contribution in [2.75, 3.05) is 6.54 Å². The summed E-state index contributed by atoms with van der Waals surface area (Å²) in [4.78, 5) is 11.2. The van der Waals surface area contributed by atoms with Crippen LogP contribution < -0.4 is 11.1 Å². The van der Waals surface area contributed by atoms with Crippen LogP contribution in [-0.2, 0) is 24.2 Å². The summed E-state index contributed by atoms with van der Waals surface area (Å²) >= 11 is 0. The molecular formula is C15H19N5O. The lowest BCUT2D eigenvalue weighted by molar-refractivity contribution is -0.119. The molecule has 0 radical (unpaired) electrons. The predicted octanol–water partition coefficient (Wildman–Crippen LogP) is 0.721. The molecule has 6 heteroatoms. The fraction of sp³-hybridized carbons (Fsp3) is 0.400. The second-order valence-corrected chi connectivity index (χ2v) is 5.26. The Hall–Kier alpha value is -2.21. The molecule has 3 rings (SSSR count). The third kappa shape index (κ3) is 2.95. The van der Waals surface area contributed by atoms with Crippen LogP contribution in [0.4, 0.5) is 0 Å². The van der Waals surface area contributed by atoms with E-state index in [-0.39, 0.29) is 12.5 Å². The van der Waals surface area contributed by atoms with Crippen LogP contribution in [0.25, 0.3) is 5.69 Å². The van der Waals surface area contributed by atoms with Gasteiger partial charge in [0.15, 0.2) is 0 Å². The third-order valence-electron chi connectivity index (χ3n) is 3.81. The molecule has 0 bridgehead atoms. The summed E-state index contributed by atoms with van der Waals surface area (Å²) in [5.41, 5.74) is 9.85. The van der Waals surface area contributed by atoms with Crippen molar-refractivity contribution in [3.8, 4) is 5.69 Å². The minimum absolute atomic E-state index is 0.0136. The quantitative estimate of drug-likeness (QED) is 0.866. The summed E-state index contributed by atoms with van der Waals surface area (Å²) in [6, 6.07) is 6.33. The van der Waals surface area contributed by atoms with Gasteiger partial charge in [-0.2, -0.15) is 0 Å². The van der Waals surface area contributed by atoms with E-state index in [0.717, 1.165) is 24.2 Å². The largest absolute Gasteiger partial charge is 0.349 e. The van der Waals surface area contributed by atoms with Gasteiger partial charge in [-0.05, 0) is 42.9 Å². The van der Waals surface area contributed by atoms with Crippen molar-refractivity contribution in [3.05, 3.63) is 41.2 Å². The molecule has 0 unspecified atom stereocenters. The number of aromatic nitrogens is 3. The second kappa shape index (κ2) is 6.05. The minimum Gasteiger partial charge on any atom is -0.349 e. The number of hydrogen-bond acceptors (Lipinski definition) is 4. The highest BCUT2D eigenvalue weighted by Gasteiger charge is 2.15. The summed E-state index contributed by atoms with van der Waals surface area (Å²) in [5.74, 6) is -0.193. The number of rotatable bonds is 4. The van der Waals surface area contributed by atoms with Crippen LogP contribution in [0, 0.1) is 0 Å². The van der Waals surface area contributed by atoms with Crippen molar-refractivity contribution in [1.29, 1.82) is 0 Å². The minimum atomic E-state index is -0.193. The molecule has 3 N–H and O–H groups in total. The van der Waals surface area contributed by atoms with Gasteiger partial charge in [0.25, 0.3) is 0 Å². The maximum Gasteiger partial charge on any atom is 0.234 e. The first kappa shape index (κ1) is 13.8. The number of fused-ring (bicyclic) bond motifs is 1. The van der Waals surface area contributed by atoms with E-state index in [0.29, 0.717) is 6.54 Å². The number of nitrogens with two attached hydrogens (primary N) is 1. The summed E-state index contributed by atoms with van der Waals surface area (Å²) in [7, 11) is 0. The summed E-state index contributed by atoms with van der Waals surface area (Å²) in [6.07, 6.45) is 6.56. The smallest absolute Gasteiger partial charge is 0.234 e. The van der Waals surface area contributed by atoms with Crippen LogP contribution in [0.5, 0.6) is 0 Å². The zero-order valence-electron chi connectivity index (χ0n) is 11.9. The highest BCUT2D eigenvalue weighted by atomic mass is 16.1. The Kier molecular flexibility index (Phi) is 3.96. The molecule has 0 saturated heterocycles. The van der Waals surface area contributed by atoms with E-state index in [2.05, 4.69) is 33.8 Å². The number of amides is 1. The van der Waals surface area contributed by atoms with Gasteiger partial charge >= 0.3 is 0 Å². The molecule has 1 amide bonds. The normalized spacial score (nSPS) is 13.8. The number of aryl methyl sites for hydroxylation is 1. The van der Waals surface area contributed by atoms with E-state index < -0.39 is 0 Å². The van der Waals surface area contributed by atoms with E-state index in [1.54, 1.807) is 4.68 Å². The second-order valence-electron chi connectivity index (χ2n) is 5.26. The monoisotopic (exact) mass is 285 g/mol. The number of carbonyl (C=O) groups is 1. The van der Waals surface area contributed by atoms with Crippen LogP contribution in [0.2, 0.25) is 0 Å². The number of benzene rings is 1. The van der Waals surface area contributed by atoms with Crippen LogP contribution in [-0.4, -0.2) is 27.4 Å². The van der Waals surface area contributed by atoms with Gasteiger partial charge in [0.05, 0.1) is 25.0 Å². The fourth-order valence-electron chi connectivity index (χ4n) is 2.73. The molecule has 21 heavy (non-hydrogen) atoms. The van der Waals surface area contributed by atoms with Gasteiger partial charge in [-0.25, -0.2) is 4.68 Å². The molecule has 0 fully saturated rings. The lowest BCUT2D eigenvalue weighted by Crippen LogP contribution is -2.29. The Bertz CT molecular complexity index is 649. The molecule has 0 spiro atoms. The number of hydrogen-bond donors (Lipinski definition) is 2. The van der Waals surface area contributed by atoms with Crippen molar-refractivity contribution in [2.45, 2.75) is 32.2 Å². The molecule has 2 aromatic rings. The maximum atomic E-state index is 11.2. The molecule has 1 aromatic heterocycles. The Morgan fingerprint density at radius 3 is 3.05 bits per heavy atom. The summed E-state index contributed by atoms with van der Waals surface area (Å²) in [5, 5.41) is 11.0. The first-order chi connectivity index (χ1) is 10.3. The number of nitrogens with zero attached hydrogens (tertiary/aromatic N) is 3. The first-order valence-electron chi connectivity index (χ1n) is 7.27. The SMILES string of the molecule is NCC(=O)NCc1cn(-c2cccc3c2CCCC3)nn1. The summed E-state index contributed by atoms with van der Waals surface area (Å²) in [6.45, 7) is 0.339. The molecule has 1 heterocycles. The molecule has 1 aromatic carbocycles. The third-order valence-corrected chi connectivity index (χ3v) is 3.81. The van der Waals surface area contributed by atoms with Gasteiger partial charge < -0.3 is 11.1 Å². The van der Waals surface area contributed by atoms with Crippen LogP contribution in [0.15, 0.2) is 24.4 Å². The predicted molar refractivity (Wildman–Crippen MR) is 78.9 cm³/mol. The standard InChI is InChI=1S/C15H19N5O/c16-8-15(21)17-9-12-10-20(19-18-12)14-7-3-5-11-4-1-2-6-13(11)14/h3,5,7,10H,1-2,4,6,8-9,16H2,(H,17,21). The topological polar surface area (TPSA) is 85.8 Å². The van der Waals surface area contributed by atoms with Gasteiger partial charge in [0.1, 0.15) is 5.69 Å². The van der Waals surface area contributed by atoms with E-state index in [1.807, 2.05) is 6.20 Å². The number of nitrogens with one attached hydrogen (secondary N) is 1. The van der Waals surface area contributed by atoms with Crippen LogP contribution in [0.3, 0.4) is 0 Å². The van der Waals surface area contributed by atoms with Crippen LogP contribution in [0.1, 0.15) is 29.7 Å². The van der Waals surface area contributed by atoms with Gasteiger partial charge in [-0.3, -0.25) is 4.79 Å². The average molecular weight is 285 g/mol. The molecule has 1 aliphatic rings. The van der Waals surface area contributed by atoms with E-state index in [4.69, 9.17) is 5.73 Å². The highest BCUT2D eigenvalue weighted by molar-refractivity contribution is 5.77. The van der Waals surface area contributed by atoms with Gasteiger partial charge in [0, 0.05) is 0 Å². The van der Waals surface area contributed by atoms with E-state index in [9.17, 15) is 4.79 Å². The van der Waals surface area contributed by atoms with Gasteiger partial charge in [0.2, 0.25) is 5.91 Å². The van der Waals surface area contributed by atoms with E-state index in [1.165, 1.54) is 24.0 Å². The lowest BCUT2D eigenvalue weighted by atomic mass is 9.90. The Balaban J connectivity index is 1.82. The number of carbonyl (C=O) groups excluding carboxylic acids is 1. The highest BCUT2D eigenvalue weighted by Crippen LogP contribution is 2.26. The average Bonchev–Trinajstić information content (AvgIpc) is 3.00. The molecule has 6 nitrogen and oxygen atoms in total. The van der Waals surface area contributed by atoms with Crippen molar-refractivity contribution in [2.24, 2.45) is 5.73 Å². The fourth-order valence-corrected chi connectivity index (χ4v) is 2.73. The molecule has 0 atom stereocenters. The zero-order valence-corrected chi connectivity index (χ0v) is 11.9. The molecular weight excluding hydrogens is 266 g/mol. The molecule has 0 saturated carbocycles. The van der Waals surface area contributed by atoms with Crippen molar-refractivity contribution in [3.63, 3.8) is 0 Å². The molecule has 0 aliphatic heterocycles. The Morgan fingerprint density at radius 1 is 1.33 bits per heavy atom. The zero-order chi connectivity index (χ0) is 14.7. The van der Waals surface area contributed by atoms with Gasteiger partial charge in [-0.15, -0.1) is 5.10 Å². The van der Waals surface area contributed by atoms with Crippen molar-refractivity contribution >= 4 is 5.91 Å². The van der Waals surface area contributed by atoms with E-state index >= 15 is 0 Å². The van der Waals surface area contributed by atoms with Crippen molar-refractivity contribution < 1.29 is 4.79 Å². The Morgan fingerprint density at radius 2 is 2.19 bits per heavy atom. The van der Waals surface area contributed by atoms with Crippen LogP contribution >= 0.6 is 0 Å². The van der Waals surface area contributed by atoms with Gasteiger partial charge in [-0.1, -0.05) is 17.3 Å². The first-order valence-corrected chi connectivity index (χ1v) is 7.27. The molecule has 1 aliphatic carbocycles. The lowest BCUT2D eigenvalue weighted by Gasteiger charge is -2.18. The summed E-state index contributed by atoms with van der Waals surface area (Å²) < 4.78 is 1.80. The molecule has 110 valence electrons. The maximum absolute atomic E-state index is 11.2. The van der Waals surface area contributed by atoms with Crippen molar-refractivity contribution in [1.82, 2.24) is 20.3 Å². The Labute approximate surface area is 123 Å².